The summed E-state index contributed by atoms with van der Waals surface area (Å²) in [5, 5.41) is 3.01. The summed E-state index contributed by atoms with van der Waals surface area (Å²) in [6, 6.07) is 14.5. The largest absolute Gasteiger partial charge is 0.345 e. The molecule has 2 aromatic rings. The van der Waals surface area contributed by atoms with Gasteiger partial charge >= 0.3 is 0 Å². The van der Waals surface area contributed by atoms with Crippen molar-refractivity contribution >= 4 is 31.7 Å². The molecule has 128 valence electrons. The normalized spacial score (nSPS) is 12.6. The first kappa shape index (κ1) is 18.7. The maximum Gasteiger partial charge on any atom is 0.251 e. The zero-order chi connectivity index (χ0) is 17.7. The third kappa shape index (κ3) is 5.46. The Hall–Kier alpha value is -1.66. The average Bonchev–Trinajstić information content (AvgIpc) is 2.52. The summed E-state index contributed by atoms with van der Waals surface area (Å²) >= 11 is 3.40. The van der Waals surface area contributed by atoms with E-state index in [1.165, 1.54) is 6.26 Å². The van der Waals surface area contributed by atoms with Crippen LogP contribution in [0, 0.1) is 0 Å². The van der Waals surface area contributed by atoms with Crippen molar-refractivity contribution in [1.82, 2.24) is 5.32 Å². The molecule has 0 aromatic heterocycles. The Balaban J connectivity index is 2.09. The van der Waals surface area contributed by atoms with Gasteiger partial charge in [0.2, 0.25) is 0 Å². The lowest BCUT2D eigenvalue weighted by Crippen LogP contribution is -2.28. The van der Waals surface area contributed by atoms with Gasteiger partial charge in [-0.3, -0.25) is 4.79 Å². The molecule has 0 heterocycles. The van der Waals surface area contributed by atoms with Crippen LogP contribution in [0.1, 0.15) is 40.9 Å². The van der Waals surface area contributed by atoms with Gasteiger partial charge in [0, 0.05) is 16.3 Å². The number of carbonyl (C=O) groups excluding carboxylic acids is 1. The maximum absolute atomic E-state index is 12.4. The average molecular weight is 410 g/mol. The number of hydrogen-bond acceptors (Lipinski definition) is 3. The lowest BCUT2D eigenvalue weighted by atomic mass is 10.0. The molecule has 0 aliphatic carbocycles. The molecule has 6 heteroatoms. The first-order valence-corrected chi connectivity index (χ1v) is 10.5. The SMILES string of the molecule is CCC(NC(=O)c1ccc(CS(C)(=O)=O)cc1)c1ccc(Br)cc1. The fourth-order valence-electron chi connectivity index (χ4n) is 2.41. The lowest BCUT2D eigenvalue weighted by Gasteiger charge is -2.17. The predicted octanol–water partition coefficient (Wildman–Crippen LogP) is 3.87. The molecule has 4 nitrogen and oxygen atoms in total. The van der Waals surface area contributed by atoms with Crippen LogP contribution in [-0.2, 0) is 15.6 Å². The second-order valence-electron chi connectivity index (χ2n) is 5.75. The quantitative estimate of drug-likeness (QED) is 0.787. The van der Waals surface area contributed by atoms with E-state index in [1.54, 1.807) is 24.3 Å². The molecule has 0 fully saturated rings. The Bertz CT molecular complexity index is 799. The van der Waals surface area contributed by atoms with E-state index in [1.807, 2.05) is 31.2 Å². The van der Waals surface area contributed by atoms with Crippen LogP contribution in [0.4, 0.5) is 0 Å². The summed E-state index contributed by atoms with van der Waals surface area (Å²) in [6.07, 6.45) is 1.97. The van der Waals surface area contributed by atoms with Crippen LogP contribution in [0.15, 0.2) is 53.0 Å². The van der Waals surface area contributed by atoms with Crippen molar-refractivity contribution in [1.29, 1.82) is 0 Å². The first-order valence-electron chi connectivity index (χ1n) is 7.61. The van der Waals surface area contributed by atoms with Gasteiger partial charge in [0.25, 0.3) is 5.91 Å². The molecule has 0 aliphatic heterocycles. The molecule has 0 aliphatic rings. The number of carbonyl (C=O) groups is 1. The number of halogens is 1. The Morgan fingerprint density at radius 1 is 1.08 bits per heavy atom. The summed E-state index contributed by atoms with van der Waals surface area (Å²) in [7, 11) is -3.08. The summed E-state index contributed by atoms with van der Waals surface area (Å²) < 4.78 is 23.6. The van der Waals surface area contributed by atoms with Gasteiger partial charge in [-0.15, -0.1) is 0 Å². The summed E-state index contributed by atoms with van der Waals surface area (Å²) in [5.74, 6) is -0.193. The highest BCUT2D eigenvalue weighted by Gasteiger charge is 2.14. The second-order valence-corrected chi connectivity index (χ2v) is 8.81. The molecule has 0 bridgehead atoms. The van der Waals surface area contributed by atoms with Crippen LogP contribution in [0.5, 0.6) is 0 Å². The molecule has 0 spiro atoms. The molecule has 1 amide bonds. The summed E-state index contributed by atoms with van der Waals surface area (Å²) in [5.41, 5.74) is 2.24. The van der Waals surface area contributed by atoms with E-state index in [2.05, 4.69) is 21.2 Å². The van der Waals surface area contributed by atoms with Gasteiger partial charge in [-0.25, -0.2) is 8.42 Å². The van der Waals surface area contributed by atoms with Gasteiger partial charge in [0.1, 0.15) is 0 Å². The van der Waals surface area contributed by atoms with Crippen molar-refractivity contribution in [3.05, 3.63) is 69.7 Å². The second kappa shape index (κ2) is 7.94. The first-order chi connectivity index (χ1) is 11.3. The molecular formula is C18H20BrNO3S. The Labute approximate surface area is 151 Å². The zero-order valence-electron chi connectivity index (χ0n) is 13.6. The molecule has 0 saturated carbocycles. The third-order valence-corrected chi connectivity index (χ3v) is 5.02. The standard InChI is InChI=1S/C18H20BrNO3S/c1-3-17(14-8-10-16(19)11-9-14)20-18(21)15-6-4-13(5-7-15)12-24(2,22)23/h4-11,17H,3,12H2,1-2H3,(H,20,21). The van der Waals surface area contributed by atoms with Crippen LogP contribution in [-0.4, -0.2) is 20.6 Å². The van der Waals surface area contributed by atoms with E-state index in [9.17, 15) is 13.2 Å². The Morgan fingerprint density at radius 2 is 1.67 bits per heavy atom. The van der Waals surface area contributed by atoms with Gasteiger partial charge in [-0.05, 0) is 41.8 Å². The molecule has 2 rings (SSSR count). The van der Waals surface area contributed by atoms with E-state index in [-0.39, 0.29) is 17.7 Å². The molecule has 24 heavy (non-hydrogen) atoms. The van der Waals surface area contributed by atoms with Crippen molar-refractivity contribution in [3.63, 3.8) is 0 Å². The van der Waals surface area contributed by atoms with Crippen LogP contribution in [0.3, 0.4) is 0 Å². The maximum atomic E-state index is 12.4. The monoisotopic (exact) mass is 409 g/mol. The van der Waals surface area contributed by atoms with Crippen LogP contribution >= 0.6 is 15.9 Å². The molecule has 1 atom stereocenters. The highest BCUT2D eigenvalue weighted by molar-refractivity contribution is 9.10. The van der Waals surface area contributed by atoms with Crippen molar-refractivity contribution in [2.24, 2.45) is 0 Å². The molecule has 0 radical (unpaired) electrons. The van der Waals surface area contributed by atoms with E-state index < -0.39 is 9.84 Å². The molecular weight excluding hydrogens is 390 g/mol. The Kier molecular flexibility index (Phi) is 6.18. The number of sulfone groups is 1. The number of rotatable bonds is 6. The van der Waals surface area contributed by atoms with Crippen LogP contribution < -0.4 is 5.32 Å². The highest BCUT2D eigenvalue weighted by Crippen LogP contribution is 2.20. The van der Waals surface area contributed by atoms with Gasteiger partial charge in [-0.1, -0.05) is 47.1 Å². The van der Waals surface area contributed by atoms with Crippen LogP contribution in [0.2, 0.25) is 0 Å². The minimum Gasteiger partial charge on any atom is -0.345 e. The number of benzene rings is 2. The van der Waals surface area contributed by atoms with Crippen molar-refractivity contribution in [2.45, 2.75) is 25.1 Å². The zero-order valence-corrected chi connectivity index (χ0v) is 16.0. The lowest BCUT2D eigenvalue weighted by molar-refractivity contribution is 0.0935. The van der Waals surface area contributed by atoms with Crippen molar-refractivity contribution in [3.8, 4) is 0 Å². The summed E-state index contributed by atoms with van der Waals surface area (Å²) in [4.78, 5) is 12.4. The molecule has 0 saturated heterocycles. The fourth-order valence-corrected chi connectivity index (χ4v) is 3.48. The molecule has 2 aromatic carbocycles. The number of nitrogens with one attached hydrogen (secondary N) is 1. The van der Waals surface area contributed by atoms with E-state index in [4.69, 9.17) is 0 Å². The van der Waals surface area contributed by atoms with E-state index >= 15 is 0 Å². The van der Waals surface area contributed by atoms with Gasteiger partial charge < -0.3 is 5.32 Å². The molecule has 1 unspecified atom stereocenters. The Morgan fingerprint density at radius 3 is 2.17 bits per heavy atom. The van der Waals surface area contributed by atoms with Crippen LogP contribution in [0.25, 0.3) is 0 Å². The molecule has 1 N–H and O–H groups in total. The highest BCUT2D eigenvalue weighted by atomic mass is 79.9. The topological polar surface area (TPSA) is 63.2 Å². The minimum atomic E-state index is -3.08. The van der Waals surface area contributed by atoms with E-state index in [0.29, 0.717) is 11.1 Å². The van der Waals surface area contributed by atoms with E-state index in [0.717, 1.165) is 16.5 Å². The predicted molar refractivity (Wildman–Crippen MR) is 99.6 cm³/mol. The fraction of sp³-hybridized carbons (Fsp3) is 0.278. The van der Waals surface area contributed by atoms with Gasteiger partial charge in [0.15, 0.2) is 9.84 Å². The van der Waals surface area contributed by atoms with Crippen molar-refractivity contribution < 1.29 is 13.2 Å². The third-order valence-electron chi connectivity index (χ3n) is 3.63. The summed E-state index contributed by atoms with van der Waals surface area (Å²) in [6.45, 7) is 2.02. The number of amides is 1. The van der Waals surface area contributed by atoms with Crippen molar-refractivity contribution in [2.75, 3.05) is 6.26 Å². The smallest absolute Gasteiger partial charge is 0.251 e. The minimum absolute atomic E-state index is 0.0224. The number of hydrogen-bond donors (Lipinski definition) is 1. The van der Waals surface area contributed by atoms with Gasteiger partial charge in [-0.2, -0.15) is 0 Å². The van der Waals surface area contributed by atoms with Gasteiger partial charge in [0.05, 0.1) is 11.8 Å².